The first-order valence-electron chi connectivity index (χ1n) is 5.37. The second-order valence-corrected chi connectivity index (χ2v) is 4.70. The summed E-state index contributed by atoms with van der Waals surface area (Å²) in [7, 11) is 3.14. The molecule has 0 spiro atoms. The Hall–Kier alpha value is -1.59. The van der Waals surface area contributed by atoms with Gasteiger partial charge in [0.15, 0.2) is 0 Å². The van der Waals surface area contributed by atoms with Crippen molar-refractivity contribution in [3.8, 4) is 11.5 Å². The maximum Gasteiger partial charge on any atom is 0.129 e. The second-order valence-electron chi connectivity index (χ2n) is 3.75. The summed E-state index contributed by atoms with van der Waals surface area (Å²) in [6.07, 6.45) is 0. The molecule has 2 N–H and O–H groups in total. The van der Waals surface area contributed by atoms with Crippen LogP contribution in [0.4, 0.5) is 4.39 Å². The number of halogens is 1. The minimum atomic E-state index is -0.426. The van der Waals surface area contributed by atoms with E-state index < -0.39 is 6.04 Å². The maximum atomic E-state index is 13.3. The van der Waals surface area contributed by atoms with E-state index in [1.54, 1.807) is 20.3 Å². The third-order valence-electron chi connectivity index (χ3n) is 2.66. The van der Waals surface area contributed by atoms with Gasteiger partial charge in [-0.1, -0.05) is 0 Å². The Morgan fingerprint density at radius 3 is 2.61 bits per heavy atom. The van der Waals surface area contributed by atoms with Crippen LogP contribution in [0.25, 0.3) is 0 Å². The fourth-order valence-electron chi connectivity index (χ4n) is 1.71. The lowest BCUT2D eigenvalue weighted by Crippen LogP contribution is -2.12. The third kappa shape index (κ3) is 2.47. The van der Waals surface area contributed by atoms with E-state index in [1.165, 1.54) is 23.5 Å². The Morgan fingerprint density at radius 1 is 1.22 bits per heavy atom. The number of thiophene rings is 1. The van der Waals surface area contributed by atoms with E-state index in [1.807, 2.05) is 11.4 Å². The largest absolute Gasteiger partial charge is 0.496 e. The van der Waals surface area contributed by atoms with Crippen molar-refractivity contribution >= 4 is 11.3 Å². The van der Waals surface area contributed by atoms with E-state index in [2.05, 4.69) is 0 Å². The molecular formula is C13H14FNO2S. The topological polar surface area (TPSA) is 44.5 Å². The van der Waals surface area contributed by atoms with Gasteiger partial charge in [-0.2, -0.15) is 0 Å². The minimum Gasteiger partial charge on any atom is -0.496 e. The van der Waals surface area contributed by atoms with Gasteiger partial charge in [0.1, 0.15) is 17.3 Å². The standard InChI is InChI=1S/C13H14FNO2S/c1-16-9-6-12(18-7-9)13(15)10-5-8(14)3-4-11(10)17-2/h3-7,13H,15H2,1-2H3. The Bertz CT molecular complexity index is 542. The number of nitrogens with two attached hydrogens (primary N) is 1. The lowest BCUT2D eigenvalue weighted by atomic mass is 10.0. The highest BCUT2D eigenvalue weighted by molar-refractivity contribution is 7.10. The van der Waals surface area contributed by atoms with Crippen molar-refractivity contribution in [3.63, 3.8) is 0 Å². The molecule has 2 aromatic rings. The van der Waals surface area contributed by atoms with Crippen molar-refractivity contribution in [2.45, 2.75) is 6.04 Å². The number of methoxy groups -OCH3 is 2. The van der Waals surface area contributed by atoms with Gasteiger partial charge in [0.2, 0.25) is 0 Å². The summed E-state index contributed by atoms with van der Waals surface area (Å²) >= 11 is 1.47. The molecule has 18 heavy (non-hydrogen) atoms. The van der Waals surface area contributed by atoms with Crippen LogP contribution in [0.2, 0.25) is 0 Å². The average Bonchev–Trinajstić information content (AvgIpc) is 2.86. The molecule has 1 heterocycles. The average molecular weight is 267 g/mol. The number of hydrogen-bond donors (Lipinski definition) is 1. The Balaban J connectivity index is 2.38. The molecule has 0 bridgehead atoms. The van der Waals surface area contributed by atoms with Gasteiger partial charge in [0, 0.05) is 15.8 Å². The van der Waals surface area contributed by atoms with Crippen LogP contribution in [0.15, 0.2) is 29.6 Å². The molecule has 2 rings (SSSR count). The van der Waals surface area contributed by atoms with Crippen LogP contribution in [0.1, 0.15) is 16.5 Å². The predicted octanol–water partition coefficient (Wildman–Crippen LogP) is 2.95. The highest BCUT2D eigenvalue weighted by Gasteiger charge is 2.17. The molecule has 96 valence electrons. The lowest BCUT2D eigenvalue weighted by molar-refractivity contribution is 0.406. The summed E-state index contributed by atoms with van der Waals surface area (Å²) in [6, 6.07) is 5.75. The fraction of sp³-hybridized carbons (Fsp3) is 0.231. The van der Waals surface area contributed by atoms with Crippen molar-refractivity contribution in [1.29, 1.82) is 0 Å². The van der Waals surface area contributed by atoms with Crippen molar-refractivity contribution in [2.24, 2.45) is 5.73 Å². The van der Waals surface area contributed by atoms with Crippen LogP contribution in [0.5, 0.6) is 11.5 Å². The molecule has 1 atom stereocenters. The Kier molecular flexibility index (Phi) is 3.84. The summed E-state index contributed by atoms with van der Waals surface area (Å²) in [5.41, 5.74) is 6.76. The monoisotopic (exact) mass is 267 g/mol. The third-order valence-corrected chi connectivity index (χ3v) is 3.66. The number of rotatable bonds is 4. The highest BCUT2D eigenvalue weighted by Crippen LogP contribution is 2.33. The Morgan fingerprint density at radius 2 is 2.00 bits per heavy atom. The zero-order chi connectivity index (χ0) is 13.1. The summed E-state index contributed by atoms with van der Waals surface area (Å²) in [6.45, 7) is 0. The molecule has 1 unspecified atom stereocenters. The molecule has 0 amide bonds. The van der Waals surface area contributed by atoms with Crippen molar-refractivity contribution in [1.82, 2.24) is 0 Å². The van der Waals surface area contributed by atoms with Crippen molar-refractivity contribution < 1.29 is 13.9 Å². The SMILES string of the molecule is COc1csc(C(N)c2cc(F)ccc2OC)c1. The number of benzene rings is 1. The molecule has 5 heteroatoms. The zero-order valence-electron chi connectivity index (χ0n) is 10.1. The first kappa shape index (κ1) is 12.9. The summed E-state index contributed by atoms with van der Waals surface area (Å²) in [4.78, 5) is 0.899. The normalized spacial score (nSPS) is 12.2. The molecule has 0 radical (unpaired) electrons. The van der Waals surface area contributed by atoms with Crippen LogP contribution < -0.4 is 15.2 Å². The second kappa shape index (κ2) is 5.37. The van der Waals surface area contributed by atoms with Gasteiger partial charge in [-0.15, -0.1) is 11.3 Å². The molecule has 1 aromatic carbocycles. The van der Waals surface area contributed by atoms with E-state index >= 15 is 0 Å². The van der Waals surface area contributed by atoms with Gasteiger partial charge in [-0.05, 0) is 24.3 Å². The van der Waals surface area contributed by atoms with Crippen LogP contribution in [0, 0.1) is 5.82 Å². The van der Waals surface area contributed by atoms with Gasteiger partial charge >= 0.3 is 0 Å². The maximum absolute atomic E-state index is 13.3. The van der Waals surface area contributed by atoms with Crippen molar-refractivity contribution in [3.05, 3.63) is 45.9 Å². The first-order valence-corrected chi connectivity index (χ1v) is 6.25. The predicted molar refractivity (Wildman–Crippen MR) is 69.9 cm³/mol. The zero-order valence-corrected chi connectivity index (χ0v) is 11.0. The van der Waals surface area contributed by atoms with Crippen molar-refractivity contribution in [2.75, 3.05) is 14.2 Å². The van der Waals surface area contributed by atoms with Crippen LogP contribution in [-0.2, 0) is 0 Å². The van der Waals surface area contributed by atoms with Gasteiger partial charge in [-0.25, -0.2) is 4.39 Å². The van der Waals surface area contributed by atoms with E-state index in [0.29, 0.717) is 11.3 Å². The first-order chi connectivity index (χ1) is 8.65. The molecule has 1 aromatic heterocycles. The fourth-order valence-corrected chi connectivity index (χ4v) is 2.58. The quantitative estimate of drug-likeness (QED) is 0.926. The number of hydrogen-bond acceptors (Lipinski definition) is 4. The van der Waals surface area contributed by atoms with E-state index in [-0.39, 0.29) is 5.82 Å². The molecule has 0 aliphatic carbocycles. The highest BCUT2D eigenvalue weighted by atomic mass is 32.1. The van der Waals surface area contributed by atoms with E-state index in [4.69, 9.17) is 15.2 Å². The van der Waals surface area contributed by atoms with Crippen LogP contribution in [-0.4, -0.2) is 14.2 Å². The number of ether oxygens (including phenoxy) is 2. The molecule has 0 saturated heterocycles. The molecule has 3 nitrogen and oxygen atoms in total. The lowest BCUT2D eigenvalue weighted by Gasteiger charge is -2.14. The molecule has 0 aliphatic heterocycles. The molecule has 0 saturated carbocycles. The van der Waals surface area contributed by atoms with E-state index in [0.717, 1.165) is 10.6 Å². The molecule has 0 fully saturated rings. The van der Waals surface area contributed by atoms with Gasteiger partial charge < -0.3 is 15.2 Å². The van der Waals surface area contributed by atoms with Crippen LogP contribution >= 0.6 is 11.3 Å². The molecule has 0 aliphatic rings. The summed E-state index contributed by atoms with van der Waals surface area (Å²) in [5, 5.41) is 1.86. The van der Waals surface area contributed by atoms with Gasteiger partial charge in [0.25, 0.3) is 0 Å². The Labute approximate surface area is 109 Å². The molecular weight excluding hydrogens is 253 g/mol. The van der Waals surface area contributed by atoms with E-state index in [9.17, 15) is 4.39 Å². The van der Waals surface area contributed by atoms with Gasteiger partial charge in [0.05, 0.1) is 20.3 Å². The minimum absolute atomic E-state index is 0.329. The van der Waals surface area contributed by atoms with Gasteiger partial charge in [-0.3, -0.25) is 0 Å². The van der Waals surface area contributed by atoms with Crippen LogP contribution in [0.3, 0.4) is 0 Å². The smallest absolute Gasteiger partial charge is 0.129 e. The summed E-state index contributed by atoms with van der Waals surface area (Å²) < 4.78 is 23.6. The summed E-state index contributed by atoms with van der Waals surface area (Å²) in [5.74, 6) is 1.00.